The third-order valence-corrected chi connectivity index (χ3v) is 3.74. The van der Waals surface area contributed by atoms with Crippen molar-refractivity contribution in [3.05, 3.63) is 23.0 Å². The van der Waals surface area contributed by atoms with E-state index in [-0.39, 0.29) is 0 Å². The highest BCUT2D eigenvalue weighted by Crippen LogP contribution is 2.27. The van der Waals surface area contributed by atoms with E-state index >= 15 is 0 Å². The maximum absolute atomic E-state index is 9.07. The Kier molecular flexibility index (Phi) is 4.43. The molecule has 1 N–H and O–H groups in total. The first-order valence-corrected chi connectivity index (χ1v) is 6.89. The molecule has 1 aliphatic rings. The summed E-state index contributed by atoms with van der Waals surface area (Å²) < 4.78 is 0. The summed E-state index contributed by atoms with van der Waals surface area (Å²) in [6, 6.07) is 4.34. The molecule has 2 rings (SSSR count). The highest BCUT2D eigenvalue weighted by atomic mass is 35.5. The molecule has 0 saturated heterocycles. The molecule has 0 bridgehead atoms. The first-order chi connectivity index (χ1) is 8.69. The Labute approximate surface area is 113 Å². The maximum atomic E-state index is 9.07. The van der Waals surface area contributed by atoms with E-state index in [1.54, 1.807) is 6.07 Å². The Bertz CT molecular complexity index is 453. The van der Waals surface area contributed by atoms with E-state index in [1.165, 1.54) is 25.5 Å². The number of anilines is 1. The Morgan fingerprint density at radius 3 is 3.00 bits per heavy atom. The van der Waals surface area contributed by atoms with E-state index < -0.39 is 0 Å². The lowest BCUT2D eigenvalue weighted by molar-refractivity contribution is 0.483. The van der Waals surface area contributed by atoms with E-state index in [9.17, 15) is 0 Å². The fourth-order valence-electron chi connectivity index (χ4n) is 2.59. The van der Waals surface area contributed by atoms with Crippen molar-refractivity contribution in [2.75, 3.05) is 5.32 Å². The van der Waals surface area contributed by atoms with E-state index in [0.717, 1.165) is 24.4 Å². The summed E-state index contributed by atoms with van der Waals surface area (Å²) in [4.78, 5) is 3.94. The van der Waals surface area contributed by atoms with Gasteiger partial charge in [0.25, 0.3) is 0 Å². The molecule has 96 valence electrons. The van der Waals surface area contributed by atoms with Crippen LogP contribution in [0, 0.1) is 17.2 Å². The predicted molar refractivity (Wildman–Crippen MR) is 73.6 cm³/mol. The van der Waals surface area contributed by atoms with Gasteiger partial charge in [0.15, 0.2) is 0 Å². The second kappa shape index (κ2) is 6.06. The van der Waals surface area contributed by atoms with Crippen molar-refractivity contribution in [3.8, 4) is 6.07 Å². The average molecular weight is 264 g/mol. The predicted octanol–water partition coefficient (Wildman–Crippen LogP) is 3.99. The summed E-state index contributed by atoms with van der Waals surface area (Å²) >= 11 is 5.89. The number of aromatic nitrogens is 1. The summed E-state index contributed by atoms with van der Waals surface area (Å²) in [6.45, 7) is 2.30. The number of rotatable bonds is 2. The molecule has 18 heavy (non-hydrogen) atoms. The summed E-state index contributed by atoms with van der Waals surface area (Å²) in [5, 5.41) is 13.0. The number of hydrogen-bond acceptors (Lipinski definition) is 3. The molecule has 0 spiro atoms. The van der Waals surface area contributed by atoms with Gasteiger partial charge in [0.2, 0.25) is 0 Å². The van der Waals surface area contributed by atoms with Crippen LogP contribution in [0.15, 0.2) is 12.3 Å². The summed E-state index contributed by atoms with van der Waals surface area (Å²) in [7, 11) is 0. The molecule has 0 amide bonds. The number of nitriles is 1. The zero-order valence-corrected chi connectivity index (χ0v) is 11.4. The lowest BCUT2D eigenvalue weighted by atomic mass is 10.00. The van der Waals surface area contributed by atoms with E-state index in [4.69, 9.17) is 16.9 Å². The molecule has 0 radical (unpaired) electrons. The van der Waals surface area contributed by atoms with Gasteiger partial charge in [0.05, 0.1) is 11.3 Å². The van der Waals surface area contributed by atoms with Crippen LogP contribution in [-0.2, 0) is 0 Å². The van der Waals surface area contributed by atoms with Gasteiger partial charge in [0.1, 0.15) is 11.2 Å². The lowest BCUT2D eigenvalue weighted by Crippen LogP contribution is -2.21. The highest BCUT2D eigenvalue weighted by molar-refractivity contribution is 6.29. The molecule has 1 aliphatic carbocycles. The Balaban J connectivity index is 2.12. The second-order valence-corrected chi connectivity index (χ2v) is 5.52. The highest BCUT2D eigenvalue weighted by Gasteiger charge is 2.18. The second-order valence-electron chi connectivity index (χ2n) is 5.13. The normalized spacial score (nSPS) is 24.1. The standard InChI is InChI=1S/C14H18ClN3/c1-10-4-2-3-5-12(6-10)18-13-7-14(15)17-9-11(13)8-16/h7,9-10,12H,2-6H2,1H3,(H,17,18). The minimum Gasteiger partial charge on any atom is -0.381 e. The molecule has 1 aromatic rings. The van der Waals surface area contributed by atoms with Crippen molar-refractivity contribution in [2.45, 2.75) is 45.1 Å². The van der Waals surface area contributed by atoms with Crippen molar-refractivity contribution in [1.29, 1.82) is 5.26 Å². The van der Waals surface area contributed by atoms with Crippen LogP contribution in [0.5, 0.6) is 0 Å². The van der Waals surface area contributed by atoms with Gasteiger partial charge in [-0.1, -0.05) is 37.8 Å². The van der Waals surface area contributed by atoms with Crippen molar-refractivity contribution < 1.29 is 0 Å². The minimum absolute atomic E-state index is 0.429. The number of pyridine rings is 1. The fraction of sp³-hybridized carbons (Fsp3) is 0.571. The third kappa shape index (κ3) is 3.36. The summed E-state index contributed by atoms with van der Waals surface area (Å²) in [6.07, 6.45) is 7.72. The smallest absolute Gasteiger partial charge is 0.131 e. The quantitative estimate of drug-likeness (QED) is 0.648. The van der Waals surface area contributed by atoms with Crippen molar-refractivity contribution >= 4 is 17.3 Å². The zero-order chi connectivity index (χ0) is 13.0. The van der Waals surface area contributed by atoms with Gasteiger partial charge in [-0.05, 0) is 24.8 Å². The molecular weight excluding hydrogens is 246 g/mol. The van der Waals surface area contributed by atoms with Crippen LogP contribution in [0.4, 0.5) is 5.69 Å². The molecule has 0 aliphatic heterocycles. The van der Waals surface area contributed by atoms with Crippen LogP contribution in [0.25, 0.3) is 0 Å². The van der Waals surface area contributed by atoms with E-state index in [1.807, 2.05) is 0 Å². The average Bonchev–Trinajstić information content (AvgIpc) is 2.54. The van der Waals surface area contributed by atoms with Crippen LogP contribution in [0.1, 0.15) is 44.6 Å². The molecule has 0 aromatic carbocycles. The van der Waals surface area contributed by atoms with Gasteiger partial charge in [-0.25, -0.2) is 4.98 Å². The van der Waals surface area contributed by atoms with Gasteiger partial charge < -0.3 is 5.32 Å². The van der Waals surface area contributed by atoms with Crippen LogP contribution in [0.3, 0.4) is 0 Å². The SMILES string of the molecule is CC1CCCCC(Nc2cc(Cl)ncc2C#N)C1. The molecule has 1 heterocycles. The van der Waals surface area contributed by atoms with Gasteiger partial charge in [0, 0.05) is 12.2 Å². The monoisotopic (exact) mass is 263 g/mol. The Hall–Kier alpha value is -1.27. The van der Waals surface area contributed by atoms with Crippen LogP contribution < -0.4 is 5.32 Å². The van der Waals surface area contributed by atoms with E-state index in [2.05, 4.69) is 23.3 Å². The number of nitrogens with one attached hydrogen (secondary N) is 1. The maximum Gasteiger partial charge on any atom is 0.131 e. The Morgan fingerprint density at radius 2 is 2.22 bits per heavy atom. The van der Waals surface area contributed by atoms with Crippen molar-refractivity contribution in [3.63, 3.8) is 0 Å². The number of halogens is 1. The first-order valence-electron chi connectivity index (χ1n) is 6.51. The van der Waals surface area contributed by atoms with Gasteiger partial charge in [-0.15, -0.1) is 0 Å². The van der Waals surface area contributed by atoms with Crippen molar-refractivity contribution in [1.82, 2.24) is 4.98 Å². The van der Waals surface area contributed by atoms with E-state index in [0.29, 0.717) is 16.8 Å². The first kappa shape index (κ1) is 13.2. The largest absolute Gasteiger partial charge is 0.381 e. The van der Waals surface area contributed by atoms with Crippen LogP contribution >= 0.6 is 11.6 Å². The number of nitrogens with zero attached hydrogens (tertiary/aromatic N) is 2. The minimum atomic E-state index is 0.429. The zero-order valence-electron chi connectivity index (χ0n) is 10.6. The Morgan fingerprint density at radius 1 is 1.44 bits per heavy atom. The molecule has 1 aromatic heterocycles. The topological polar surface area (TPSA) is 48.7 Å². The molecule has 4 heteroatoms. The fourth-order valence-corrected chi connectivity index (χ4v) is 2.75. The van der Waals surface area contributed by atoms with Gasteiger partial charge in [-0.2, -0.15) is 5.26 Å². The van der Waals surface area contributed by atoms with Crippen LogP contribution in [0.2, 0.25) is 5.15 Å². The molecular formula is C14H18ClN3. The number of hydrogen-bond donors (Lipinski definition) is 1. The lowest BCUT2D eigenvalue weighted by Gasteiger charge is -2.20. The van der Waals surface area contributed by atoms with Crippen molar-refractivity contribution in [2.24, 2.45) is 5.92 Å². The molecule has 2 atom stereocenters. The van der Waals surface area contributed by atoms with Crippen LogP contribution in [-0.4, -0.2) is 11.0 Å². The van der Waals surface area contributed by atoms with Gasteiger partial charge >= 0.3 is 0 Å². The summed E-state index contributed by atoms with van der Waals surface area (Å²) in [5.74, 6) is 0.743. The third-order valence-electron chi connectivity index (χ3n) is 3.54. The molecule has 2 unspecified atom stereocenters. The summed E-state index contributed by atoms with van der Waals surface area (Å²) in [5.41, 5.74) is 1.38. The molecule has 1 fully saturated rings. The molecule has 3 nitrogen and oxygen atoms in total. The van der Waals surface area contributed by atoms with Gasteiger partial charge in [-0.3, -0.25) is 0 Å². The molecule has 1 saturated carbocycles.